The molecule has 1 aliphatic heterocycles. The van der Waals surface area contributed by atoms with E-state index in [1.807, 2.05) is 44.2 Å². The van der Waals surface area contributed by atoms with Crippen molar-refractivity contribution in [3.8, 4) is 0 Å². The fraction of sp³-hybridized carbons (Fsp3) is 0.462. The molecule has 1 fully saturated rings. The quantitative estimate of drug-likeness (QED) is 0.423. The minimum Gasteiger partial charge on any atom is -0.378 e. The Bertz CT molecular complexity index is 1070. The molecule has 0 aliphatic carbocycles. The standard InChI is InChI=1S/C26H36N4O5S/c1-20(2)17-22(29-36(33,34)23-11-7-4-8-12-23)19-27-25(31)24(18-21-9-5-3-6-10-21)28-26(32)30-13-15-35-16-14-30/h3-12,20,22,24,29H,13-19H2,1-2H3,(H,27,31)(H,28,32)/t22?,24-/m0/s1. The number of carbonyl (C=O) groups is 2. The lowest BCUT2D eigenvalue weighted by Gasteiger charge is -2.29. The molecule has 0 radical (unpaired) electrons. The van der Waals surface area contributed by atoms with Crippen molar-refractivity contribution < 1.29 is 22.7 Å². The summed E-state index contributed by atoms with van der Waals surface area (Å²) in [6.45, 7) is 5.93. The zero-order chi connectivity index (χ0) is 26.0. The zero-order valence-electron chi connectivity index (χ0n) is 20.9. The average Bonchev–Trinajstić information content (AvgIpc) is 2.88. The highest BCUT2D eigenvalue weighted by molar-refractivity contribution is 7.89. The van der Waals surface area contributed by atoms with Crippen LogP contribution in [-0.2, 0) is 26.0 Å². The molecule has 1 saturated heterocycles. The maximum absolute atomic E-state index is 13.2. The number of hydrogen-bond acceptors (Lipinski definition) is 5. The molecule has 2 aromatic rings. The van der Waals surface area contributed by atoms with Crippen molar-refractivity contribution in [2.75, 3.05) is 32.8 Å². The van der Waals surface area contributed by atoms with E-state index in [0.29, 0.717) is 39.1 Å². The number of urea groups is 1. The first-order valence-electron chi connectivity index (χ1n) is 12.3. The van der Waals surface area contributed by atoms with Gasteiger partial charge < -0.3 is 20.3 Å². The molecule has 3 N–H and O–H groups in total. The first-order chi connectivity index (χ1) is 17.2. The molecule has 9 nitrogen and oxygen atoms in total. The second-order valence-electron chi connectivity index (χ2n) is 9.30. The van der Waals surface area contributed by atoms with Crippen molar-refractivity contribution >= 4 is 22.0 Å². The third-order valence-electron chi connectivity index (χ3n) is 5.85. The fourth-order valence-electron chi connectivity index (χ4n) is 4.04. The third-order valence-corrected chi connectivity index (χ3v) is 7.39. The van der Waals surface area contributed by atoms with Crippen LogP contribution in [0.25, 0.3) is 0 Å². The summed E-state index contributed by atoms with van der Waals surface area (Å²) in [6.07, 6.45) is 0.850. The molecule has 2 aromatic carbocycles. The lowest BCUT2D eigenvalue weighted by atomic mass is 10.0. The van der Waals surface area contributed by atoms with Gasteiger partial charge in [-0.3, -0.25) is 4.79 Å². The van der Waals surface area contributed by atoms with Crippen molar-refractivity contribution in [2.45, 2.75) is 43.7 Å². The summed E-state index contributed by atoms with van der Waals surface area (Å²) in [5.74, 6) is -0.167. The second kappa shape index (κ2) is 13.4. The van der Waals surface area contributed by atoms with E-state index in [1.54, 1.807) is 23.1 Å². The highest BCUT2D eigenvalue weighted by Gasteiger charge is 2.27. The van der Waals surface area contributed by atoms with Crippen molar-refractivity contribution in [1.82, 2.24) is 20.3 Å². The van der Waals surface area contributed by atoms with Gasteiger partial charge in [0.1, 0.15) is 6.04 Å². The minimum absolute atomic E-state index is 0.0990. The number of morpholine rings is 1. The Morgan fingerprint density at radius 3 is 2.19 bits per heavy atom. The van der Waals surface area contributed by atoms with E-state index in [2.05, 4.69) is 15.4 Å². The number of benzene rings is 2. The smallest absolute Gasteiger partial charge is 0.318 e. The molecule has 1 heterocycles. The molecule has 0 bridgehead atoms. The van der Waals surface area contributed by atoms with Crippen LogP contribution < -0.4 is 15.4 Å². The number of carbonyl (C=O) groups excluding carboxylic acids is 2. The van der Waals surface area contributed by atoms with Gasteiger partial charge in [0.25, 0.3) is 0 Å². The molecule has 36 heavy (non-hydrogen) atoms. The van der Waals surface area contributed by atoms with E-state index < -0.39 is 22.1 Å². The van der Waals surface area contributed by atoms with E-state index in [-0.39, 0.29) is 29.3 Å². The largest absolute Gasteiger partial charge is 0.378 e. The summed E-state index contributed by atoms with van der Waals surface area (Å²) in [4.78, 5) is 27.9. The molecular formula is C26H36N4O5S. The summed E-state index contributed by atoms with van der Waals surface area (Å²) in [5.41, 5.74) is 0.906. The van der Waals surface area contributed by atoms with Gasteiger partial charge in [-0.05, 0) is 30.0 Å². The van der Waals surface area contributed by atoms with Gasteiger partial charge >= 0.3 is 6.03 Å². The van der Waals surface area contributed by atoms with E-state index in [0.717, 1.165) is 5.56 Å². The first-order valence-corrected chi connectivity index (χ1v) is 13.7. The van der Waals surface area contributed by atoms with Crippen LogP contribution in [0.5, 0.6) is 0 Å². The number of rotatable bonds is 11. The normalized spacial score (nSPS) is 15.8. The summed E-state index contributed by atoms with van der Waals surface area (Å²) >= 11 is 0. The molecule has 0 spiro atoms. The third kappa shape index (κ3) is 8.61. The van der Waals surface area contributed by atoms with E-state index in [9.17, 15) is 18.0 Å². The van der Waals surface area contributed by atoms with Crippen LogP contribution in [-0.4, -0.2) is 70.2 Å². The Morgan fingerprint density at radius 2 is 1.58 bits per heavy atom. The van der Waals surface area contributed by atoms with E-state index >= 15 is 0 Å². The van der Waals surface area contributed by atoms with Crippen LogP contribution in [0.1, 0.15) is 25.8 Å². The Hall–Kier alpha value is -2.95. The van der Waals surface area contributed by atoms with Gasteiger partial charge in [-0.1, -0.05) is 62.4 Å². The molecular weight excluding hydrogens is 480 g/mol. The predicted octanol–water partition coefficient (Wildman–Crippen LogP) is 2.15. The number of sulfonamides is 1. The fourth-order valence-corrected chi connectivity index (χ4v) is 5.31. The molecule has 10 heteroatoms. The van der Waals surface area contributed by atoms with Crippen molar-refractivity contribution in [1.29, 1.82) is 0 Å². The van der Waals surface area contributed by atoms with Crippen LogP contribution in [0.15, 0.2) is 65.6 Å². The number of nitrogens with one attached hydrogen (secondary N) is 3. The van der Waals surface area contributed by atoms with Gasteiger partial charge in [0.05, 0.1) is 18.1 Å². The maximum Gasteiger partial charge on any atom is 0.318 e. The molecule has 3 rings (SSSR count). The van der Waals surface area contributed by atoms with Gasteiger partial charge in [-0.15, -0.1) is 0 Å². The Labute approximate surface area is 213 Å². The predicted molar refractivity (Wildman–Crippen MR) is 138 cm³/mol. The van der Waals surface area contributed by atoms with Crippen LogP contribution in [0.3, 0.4) is 0 Å². The summed E-state index contributed by atoms with van der Waals surface area (Å²) in [5, 5.41) is 5.72. The van der Waals surface area contributed by atoms with Gasteiger partial charge in [-0.2, -0.15) is 0 Å². The Balaban J connectivity index is 1.69. The molecule has 3 amide bonds. The van der Waals surface area contributed by atoms with Gasteiger partial charge in [-0.25, -0.2) is 17.9 Å². The number of amides is 3. The number of hydrogen-bond donors (Lipinski definition) is 3. The van der Waals surface area contributed by atoms with Crippen LogP contribution in [0.2, 0.25) is 0 Å². The monoisotopic (exact) mass is 516 g/mol. The topological polar surface area (TPSA) is 117 Å². The minimum atomic E-state index is -3.74. The Kier molecular flexibility index (Phi) is 10.3. The van der Waals surface area contributed by atoms with Crippen LogP contribution in [0, 0.1) is 5.92 Å². The first kappa shape index (κ1) is 27.6. The molecule has 0 aromatic heterocycles. The SMILES string of the molecule is CC(C)CC(CNC(=O)[C@H](Cc1ccccc1)NC(=O)N1CCOCC1)NS(=O)(=O)c1ccccc1. The molecule has 0 saturated carbocycles. The summed E-state index contributed by atoms with van der Waals surface area (Å²) < 4.78 is 33.8. The van der Waals surface area contributed by atoms with Crippen molar-refractivity contribution in [2.24, 2.45) is 5.92 Å². The molecule has 1 aliphatic rings. The highest BCUT2D eigenvalue weighted by atomic mass is 32.2. The molecule has 196 valence electrons. The van der Waals surface area contributed by atoms with Gasteiger partial charge in [0.15, 0.2) is 0 Å². The average molecular weight is 517 g/mol. The zero-order valence-corrected chi connectivity index (χ0v) is 21.7. The second-order valence-corrected chi connectivity index (χ2v) is 11.0. The number of nitrogens with zero attached hydrogens (tertiary/aromatic N) is 1. The lowest BCUT2D eigenvalue weighted by Crippen LogP contribution is -2.55. The lowest BCUT2D eigenvalue weighted by molar-refractivity contribution is -0.123. The van der Waals surface area contributed by atoms with Gasteiger partial charge in [0.2, 0.25) is 15.9 Å². The van der Waals surface area contributed by atoms with Gasteiger partial charge in [0, 0.05) is 32.1 Å². The molecule has 2 atom stereocenters. The van der Waals surface area contributed by atoms with Crippen LogP contribution in [0.4, 0.5) is 4.79 Å². The van der Waals surface area contributed by atoms with Crippen molar-refractivity contribution in [3.63, 3.8) is 0 Å². The van der Waals surface area contributed by atoms with E-state index in [4.69, 9.17) is 4.74 Å². The number of ether oxygens (including phenoxy) is 1. The Morgan fingerprint density at radius 1 is 0.972 bits per heavy atom. The van der Waals surface area contributed by atoms with Crippen molar-refractivity contribution in [3.05, 3.63) is 66.2 Å². The highest BCUT2D eigenvalue weighted by Crippen LogP contribution is 2.12. The molecule has 1 unspecified atom stereocenters. The summed E-state index contributed by atoms with van der Waals surface area (Å²) in [7, 11) is -3.74. The van der Waals surface area contributed by atoms with E-state index in [1.165, 1.54) is 12.1 Å². The van der Waals surface area contributed by atoms with Crippen LogP contribution >= 0.6 is 0 Å². The maximum atomic E-state index is 13.2. The summed E-state index contributed by atoms with van der Waals surface area (Å²) in [6, 6.07) is 16.0.